The highest BCUT2D eigenvalue weighted by atomic mass is 16.6. The van der Waals surface area contributed by atoms with Gasteiger partial charge in [0.05, 0.1) is 31.6 Å². The molecule has 4 aromatic rings. The topological polar surface area (TPSA) is 138 Å². The Bertz CT molecular complexity index is 1810. The van der Waals surface area contributed by atoms with Crippen molar-refractivity contribution >= 4 is 23.7 Å². The average Bonchev–Trinajstić information content (AvgIpc) is 3.54. The smallest absolute Gasteiger partial charge is 0.408 e. The van der Waals surface area contributed by atoms with Gasteiger partial charge in [-0.15, -0.1) is 0 Å². The Morgan fingerprint density at radius 2 is 1.73 bits per heavy atom. The Balaban J connectivity index is 1.80. The number of amides is 2. The number of ether oxygens (including phenoxy) is 2. The molecular weight excluding hydrogens is 610 g/mol. The van der Waals surface area contributed by atoms with Gasteiger partial charge in [-0.25, -0.2) is 19.4 Å². The van der Waals surface area contributed by atoms with E-state index >= 15 is 0 Å². The number of hydrogen-bond acceptors (Lipinski definition) is 6. The van der Waals surface area contributed by atoms with Crippen molar-refractivity contribution in [3.05, 3.63) is 112 Å². The van der Waals surface area contributed by atoms with Gasteiger partial charge >= 0.3 is 12.1 Å². The fourth-order valence-electron chi connectivity index (χ4n) is 5.50. The Kier molecular flexibility index (Phi) is 10.9. The lowest BCUT2D eigenvalue weighted by Crippen LogP contribution is -2.51. The summed E-state index contributed by atoms with van der Waals surface area (Å²) in [5.41, 5.74) is 4.26. The van der Waals surface area contributed by atoms with Crippen LogP contribution in [-0.2, 0) is 22.5 Å². The standard InChI is InChI=1S/C37H41N5O6/c1-22-16-27(38-7)17-23(2)28(22)19-30(41-36(46)48-37(4,5)6)34(43)42(21-25-14-15-32(47-8)29(18-25)35(44)45)24(3)33-39-20-31(40-33)26-12-10-9-11-13-26/h9-18,20,24,30H,19,21H2,1-6,8H3,(H,39,40)(H,41,46)(H,44,45)/t24-,30-/m0/s1. The fourth-order valence-corrected chi connectivity index (χ4v) is 5.50. The lowest BCUT2D eigenvalue weighted by Gasteiger charge is -2.33. The van der Waals surface area contributed by atoms with Crippen molar-refractivity contribution in [3.63, 3.8) is 0 Å². The van der Waals surface area contributed by atoms with Crippen molar-refractivity contribution in [2.75, 3.05) is 7.11 Å². The number of H-pyrrole nitrogens is 1. The Morgan fingerprint density at radius 3 is 2.31 bits per heavy atom. The number of alkyl carbamates (subject to hydrolysis) is 1. The summed E-state index contributed by atoms with van der Waals surface area (Å²) in [7, 11) is 1.39. The van der Waals surface area contributed by atoms with Crippen LogP contribution in [0.4, 0.5) is 10.5 Å². The number of imidazole rings is 1. The molecule has 1 heterocycles. The molecule has 1 aromatic heterocycles. The maximum absolute atomic E-state index is 14.8. The third-order valence-electron chi connectivity index (χ3n) is 7.88. The Morgan fingerprint density at radius 1 is 1.06 bits per heavy atom. The second-order valence-electron chi connectivity index (χ2n) is 12.6. The molecule has 250 valence electrons. The first-order chi connectivity index (χ1) is 22.7. The average molecular weight is 652 g/mol. The van der Waals surface area contributed by atoms with Gasteiger partial charge in [0, 0.05) is 13.0 Å². The summed E-state index contributed by atoms with van der Waals surface area (Å²) >= 11 is 0. The number of carbonyl (C=O) groups excluding carboxylic acids is 2. The van der Waals surface area contributed by atoms with Crippen LogP contribution in [0.25, 0.3) is 16.1 Å². The van der Waals surface area contributed by atoms with Gasteiger partial charge in [0.25, 0.3) is 0 Å². The molecular formula is C37H41N5O6. The van der Waals surface area contributed by atoms with Crippen molar-refractivity contribution in [2.45, 2.75) is 72.2 Å². The van der Waals surface area contributed by atoms with E-state index in [1.54, 1.807) is 56.1 Å². The molecule has 0 fully saturated rings. The van der Waals surface area contributed by atoms with Gasteiger partial charge < -0.3 is 29.8 Å². The second-order valence-corrected chi connectivity index (χ2v) is 12.6. The van der Waals surface area contributed by atoms with E-state index in [2.05, 4.69) is 20.1 Å². The lowest BCUT2D eigenvalue weighted by atomic mass is 9.94. The number of nitrogens with zero attached hydrogens (tertiary/aromatic N) is 3. The van der Waals surface area contributed by atoms with Gasteiger partial charge in [0.2, 0.25) is 5.91 Å². The molecule has 11 nitrogen and oxygen atoms in total. The van der Waals surface area contributed by atoms with Crippen LogP contribution in [-0.4, -0.2) is 56.7 Å². The van der Waals surface area contributed by atoms with Gasteiger partial charge in [-0.3, -0.25) is 4.79 Å². The molecule has 2 atom stereocenters. The highest BCUT2D eigenvalue weighted by Crippen LogP contribution is 2.29. The second kappa shape index (κ2) is 14.9. The molecule has 4 rings (SSSR count). The number of nitrogens with one attached hydrogen (secondary N) is 2. The molecule has 0 bridgehead atoms. The summed E-state index contributed by atoms with van der Waals surface area (Å²) in [5.74, 6) is -0.920. The number of aryl methyl sites for hydroxylation is 2. The summed E-state index contributed by atoms with van der Waals surface area (Å²) in [5, 5.41) is 12.6. The van der Waals surface area contributed by atoms with Gasteiger partial charge in [-0.2, -0.15) is 0 Å². The first-order valence-electron chi connectivity index (χ1n) is 15.5. The van der Waals surface area contributed by atoms with E-state index in [1.165, 1.54) is 13.2 Å². The molecule has 3 aromatic carbocycles. The number of aromatic nitrogens is 2. The minimum atomic E-state index is -1.17. The summed E-state index contributed by atoms with van der Waals surface area (Å²) in [6.45, 7) is 18.2. The molecule has 0 saturated carbocycles. The van der Waals surface area contributed by atoms with E-state index in [0.29, 0.717) is 17.1 Å². The number of benzene rings is 3. The van der Waals surface area contributed by atoms with Gasteiger partial charge in [-0.1, -0.05) is 59.7 Å². The minimum Gasteiger partial charge on any atom is -0.496 e. The molecule has 48 heavy (non-hydrogen) atoms. The molecule has 0 spiro atoms. The summed E-state index contributed by atoms with van der Waals surface area (Å²) in [4.78, 5) is 53.0. The number of carbonyl (C=O) groups is 3. The third-order valence-corrected chi connectivity index (χ3v) is 7.88. The van der Waals surface area contributed by atoms with Crippen molar-refractivity contribution in [3.8, 4) is 17.0 Å². The largest absolute Gasteiger partial charge is 0.496 e. The predicted octanol–water partition coefficient (Wildman–Crippen LogP) is 7.18. The molecule has 0 aliphatic carbocycles. The maximum atomic E-state index is 14.8. The van der Waals surface area contributed by atoms with Crippen LogP contribution in [0.5, 0.6) is 5.75 Å². The number of carboxylic acid groups (broad SMARTS) is 1. The van der Waals surface area contributed by atoms with E-state index in [1.807, 2.05) is 51.1 Å². The summed E-state index contributed by atoms with van der Waals surface area (Å²) < 4.78 is 10.8. The first kappa shape index (κ1) is 35.2. The monoisotopic (exact) mass is 651 g/mol. The van der Waals surface area contributed by atoms with Crippen molar-refractivity contribution in [2.24, 2.45) is 0 Å². The van der Waals surface area contributed by atoms with Crippen molar-refractivity contribution in [1.29, 1.82) is 0 Å². The normalized spacial score (nSPS) is 12.4. The number of rotatable bonds is 11. The third kappa shape index (κ3) is 8.59. The quantitative estimate of drug-likeness (QED) is 0.146. The molecule has 0 radical (unpaired) electrons. The van der Waals surface area contributed by atoms with Crippen molar-refractivity contribution < 1.29 is 29.0 Å². The molecule has 2 amide bonds. The molecule has 11 heteroatoms. The first-order valence-corrected chi connectivity index (χ1v) is 15.5. The van der Waals surface area contributed by atoms with E-state index in [9.17, 15) is 19.5 Å². The Hall–Kier alpha value is -5.63. The van der Waals surface area contributed by atoms with E-state index in [4.69, 9.17) is 16.0 Å². The molecule has 3 N–H and O–H groups in total. The van der Waals surface area contributed by atoms with Crippen LogP contribution in [0, 0.1) is 20.4 Å². The van der Waals surface area contributed by atoms with Crippen LogP contribution in [0.3, 0.4) is 0 Å². The van der Waals surface area contributed by atoms with E-state index < -0.39 is 35.7 Å². The predicted molar refractivity (Wildman–Crippen MR) is 182 cm³/mol. The van der Waals surface area contributed by atoms with Crippen LogP contribution in [0.1, 0.15) is 72.2 Å². The highest BCUT2D eigenvalue weighted by Gasteiger charge is 2.33. The molecule has 0 aliphatic heterocycles. The molecule has 0 unspecified atom stereocenters. The summed E-state index contributed by atoms with van der Waals surface area (Å²) in [6.07, 6.45) is 1.05. The molecule has 0 aliphatic rings. The number of methoxy groups -OCH3 is 1. The number of carboxylic acids is 1. The van der Waals surface area contributed by atoms with E-state index in [-0.39, 0.29) is 24.3 Å². The van der Waals surface area contributed by atoms with Crippen LogP contribution < -0.4 is 10.1 Å². The number of aromatic carboxylic acids is 1. The highest BCUT2D eigenvalue weighted by molar-refractivity contribution is 5.91. The van der Waals surface area contributed by atoms with Gasteiger partial charge in [-0.05, 0) is 70.4 Å². The Labute approximate surface area is 280 Å². The zero-order valence-corrected chi connectivity index (χ0v) is 28.2. The SMILES string of the molecule is [C-]#[N+]c1cc(C)c(C[C@H](NC(=O)OC(C)(C)C)C(=O)N(Cc2ccc(OC)c(C(=O)O)c2)[C@@H](C)c2ncc(-c3ccccc3)[nH]2)c(C)c1. The van der Waals surface area contributed by atoms with Crippen molar-refractivity contribution in [1.82, 2.24) is 20.2 Å². The van der Waals surface area contributed by atoms with Crippen LogP contribution in [0.2, 0.25) is 0 Å². The minimum absolute atomic E-state index is 0.00717. The lowest BCUT2D eigenvalue weighted by molar-refractivity contribution is -0.136. The van der Waals surface area contributed by atoms with Gasteiger partial charge in [0.1, 0.15) is 28.8 Å². The summed E-state index contributed by atoms with van der Waals surface area (Å²) in [6, 6.07) is 16.1. The van der Waals surface area contributed by atoms with Gasteiger partial charge in [0.15, 0.2) is 5.69 Å². The fraction of sp³-hybridized carbons (Fsp3) is 0.324. The number of hydrogen-bond donors (Lipinski definition) is 3. The molecule has 0 saturated heterocycles. The zero-order chi connectivity index (χ0) is 35.2. The van der Waals surface area contributed by atoms with E-state index in [0.717, 1.165) is 27.9 Å². The van der Waals surface area contributed by atoms with Crippen LogP contribution in [0.15, 0.2) is 66.9 Å². The zero-order valence-electron chi connectivity index (χ0n) is 28.2. The van der Waals surface area contributed by atoms with Crippen LogP contribution >= 0.6 is 0 Å². The maximum Gasteiger partial charge on any atom is 0.408 e. The number of aromatic amines is 1.